The maximum absolute atomic E-state index is 8.44. The summed E-state index contributed by atoms with van der Waals surface area (Å²) in [6.45, 7) is 2.19. The van der Waals surface area contributed by atoms with Crippen LogP contribution >= 0.6 is 11.6 Å². The molecule has 52 valence electrons. The van der Waals surface area contributed by atoms with Gasteiger partial charge < -0.3 is 9.84 Å². The summed E-state index contributed by atoms with van der Waals surface area (Å²) in [4.78, 5) is 0. The van der Waals surface area contributed by atoms with Crippen LogP contribution in [0.5, 0.6) is 0 Å². The highest BCUT2D eigenvalue weighted by atomic mass is 35.5. The molecule has 0 amide bonds. The fourth-order valence-corrected chi connectivity index (χ4v) is 0.473. The monoisotopic (exact) mass is 148 g/mol. The second-order valence-corrected chi connectivity index (χ2v) is 2.18. The van der Waals surface area contributed by atoms with Crippen LogP contribution in [0, 0.1) is 0 Å². The highest BCUT2D eigenvalue weighted by molar-refractivity contribution is 6.26. The van der Waals surface area contributed by atoms with Gasteiger partial charge in [-0.2, -0.15) is 0 Å². The van der Waals surface area contributed by atoms with Crippen molar-refractivity contribution in [3.05, 3.63) is 0 Å². The third-order valence-corrected chi connectivity index (χ3v) is 1.28. The Bertz CT molecular complexity index is 72.0. The molecule has 0 fully saturated rings. The Hall–Kier alpha value is 0.275. The highest BCUT2D eigenvalue weighted by Gasteiger charge is 2.11. The Morgan fingerprint density at radius 1 is 1.78 bits per heavy atom. The second kappa shape index (κ2) is 5.09. The smallest absolute Gasteiger partial charge is 0.111 e. The van der Waals surface area contributed by atoms with Gasteiger partial charge in [0.15, 0.2) is 0 Å². The highest BCUT2D eigenvalue weighted by Crippen LogP contribution is 2.01. The average molecular weight is 148 g/mol. The van der Waals surface area contributed by atoms with Gasteiger partial charge in [0.05, 0.1) is 12.0 Å². The number of aliphatic hydroxyl groups excluding tert-OH is 1. The van der Waals surface area contributed by atoms with E-state index in [9.17, 15) is 0 Å². The zero-order chi connectivity index (χ0) is 7.28. The molecule has 0 aromatic carbocycles. The standard InChI is InChI=1S/C5H10BClO2/c1-2-9-5(6)4(7)3-8/h4-5,8H,2-3H2,1H3/t4-,5-/m1/s1. The Balaban J connectivity index is 3.32. The van der Waals surface area contributed by atoms with Crippen molar-refractivity contribution in [2.75, 3.05) is 13.2 Å². The molecule has 2 nitrogen and oxygen atoms in total. The molecule has 2 atom stereocenters. The predicted octanol–water partition coefficient (Wildman–Crippen LogP) is 0.117. The first-order valence-corrected chi connectivity index (χ1v) is 3.28. The molecule has 0 unspecified atom stereocenters. The van der Waals surface area contributed by atoms with Crippen molar-refractivity contribution in [2.24, 2.45) is 0 Å². The molecule has 2 radical (unpaired) electrons. The molecule has 4 heteroatoms. The molecule has 0 spiro atoms. The lowest BCUT2D eigenvalue weighted by atomic mass is 9.97. The summed E-state index contributed by atoms with van der Waals surface area (Å²) < 4.78 is 4.88. The summed E-state index contributed by atoms with van der Waals surface area (Å²) in [6, 6.07) is -0.554. The summed E-state index contributed by atoms with van der Waals surface area (Å²) in [7, 11) is 5.32. The van der Waals surface area contributed by atoms with Crippen molar-refractivity contribution in [1.82, 2.24) is 0 Å². The van der Waals surface area contributed by atoms with E-state index in [2.05, 4.69) is 0 Å². The molecule has 9 heavy (non-hydrogen) atoms. The Morgan fingerprint density at radius 2 is 2.33 bits per heavy atom. The molecule has 0 aromatic rings. The van der Waals surface area contributed by atoms with Crippen LogP contribution in [0.3, 0.4) is 0 Å². The van der Waals surface area contributed by atoms with E-state index in [-0.39, 0.29) is 6.61 Å². The largest absolute Gasteiger partial charge is 0.395 e. The molecule has 0 aliphatic rings. The van der Waals surface area contributed by atoms with Gasteiger partial charge >= 0.3 is 0 Å². The quantitative estimate of drug-likeness (QED) is 0.453. The minimum Gasteiger partial charge on any atom is -0.395 e. The van der Waals surface area contributed by atoms with Crippen molar-refractivity contribution >= 4 is 19.4 Å². The van der Waals surface area contributed by atoms with Crippen molar-refractivity contribution in [2.45, 2.75) is 18.3 Å². The summed E-state index contributed by atoms with van der Waals surface area (Å²) in [5.41, 5.74) is 0. The van der Waals surface area contributed by atoms with Crippen molar-refractivity contribution in [3.63, 3.8) is 0 Å². The third-order valence-electron chi connectivity index (χ3n) is 0.890. The van der Waals surface area contributed by atoms with Gasteiger partial charge in [0, 0.05) is 12.6 Å². The van der Waals surface area contributed by atoms with E-state index in [0.717, 1.165) is 0 Å². The molecule has 0 saturated carbocycles. The maximum atomic E-state index is 8.44. The molecule has 0 aliphatic carbocycles. The van der Waals surface area contributed by atoms with Crippen molar-refractivity contribution < 1.29 is 9.84 Å². The van der Waals surface area contributed by atoms with Gasteiger partial charge in [-0.15, -0.1) is 11.6 Å². The predicted molar refractivity (Wildman–Crippen MR) is 37.9 cm³/mol. The fourth-order valence-electron chi connectivity index (χ4n) is 0.401. The van der Waals surface area contributed by atoms with Gasteiger partial charge in [-0.05, 0) is 6.92 Å². The first-order valence-electron chi connectivity index (χ1n) is 2.84. The number of ether oxygens (including phenoxy) is 1. The average Bonchev–Trinajstić information content (AvgIpc) is 1.87. The Labute approximate surface area is 61.6 Å². The van der Waals surface area contributed by atoms with Gasteiger partial charge in [0.2, 0.25) is 0 Å². The summed E-state index contributed by atoms with van der Waals surface area (Å²) in [6.07, 6.45) is 0. The van der Waals surface area contributed by atoms with Crippen LogP contribution in [0.25, 0.3) is 0 Å². The van der Waals surface area contributed by atoms with Crippen LogP contribution in [0.4, 0.5) is 0 Å². The molecule has 0 heterocycles. The number of alkyl halides is 1. The zero-order valence-corrected chi connectivity index (χ0v) is 6.14. The maximum Gasteiger partial charge on any atom is 0.111 e. The SMILES string of the molecule is [B][C@H](OCC)[C@H](Cl)CO. The fraction of sp³-hybridized carbons (Fsp3) is 1.00. The van der Waals surface area contributed by atoms with Crippen molar-refractivity contribution in [3.8, 4) is 0 Å². The zero-order valence-electron chi connectivity index (χ0n) is 5.38. The van der Waals surface area contributed by atoms with Crippen LogP contribution in [0.1, 0.15) is 6.92 Å². The Morgan fingerprint density at radius 3 is 2.67 bits per heavy atom. The molecule has 1 N–H and O–H groups in total. The van der Waals surface area contributed by atoms with Gasteiger partial charge in [0.1, 0.15) is 7.85 Å². The normalized spacial score (nSPS) is 17.2. The minimum atomic E-state index is -0.554. The molecule has 0 rings (SSSR count). The van der Waals surface area contributed by atoms with E-state index in [1.807, 2.05) is 6.92 Å². The first kappa shape index (κ1) is 9.27. The first-order chi connectivity index (χ1) is 4.22. The number of rotatable bonds is 4. The van der Waals surface area contributed by atoms with Crippen LogP contribution in [0.2, 0.25) is 0 Å². The number of halogens is 1. The van der Waals surface area contributed by atoms with E-state index >= 15 is 0 Å². The molecular formula is C5H10BClO2. The lowest BCUT2D eigenvalue weighted by Gasteiger charge is -2.15. The summed E-state index contributed by atoms with van der Waals surface area (Å²) in [5.74, 6) is 0. The van der Waals surface area contributed by atoms with Gasteiger partial charge in [-0.1, -0.05) is 0 Å². The van der Waals surface area contributed by atoms with E-state index in [1.54, 1.807) is 0 Å². The molecular weight excluding hydrogens is 138 g/mol. The molecule has 0 aliphatic heterocycles. The molecule has 0 saturated heterocycles. The topological polar surface area (TPSA) is 29.5 Å². The van der Waals surface area contributed by atoms with Crippen LogP contribution in [-0.4, -0.2) is 37.5 Å². The van der Waals surface area contributed by atoms with E-state index in [0.29, 0.717) is 6.61 Å². The number of hydrogen-bond donors (Lipinski definition) is 1. The van der Waals surface area contributed by atoms with E-state index in [1.165, 1.54) is 0 Å². The van der Waals surface area contributed by atoms with E-state index in [4.69, 9.17) is 29.3 Å². The van der Waals surface area contributed by atoms with Crippen LogP contribution in [0.15, 0.2) is 0 Å². The van der Waals surface area contributed by atoms with E-state index < -0.39 is 11.4 Å². The number of aliphatic hydroxyl groups is 1. The van der Waals surface area contributed by atoms with Crippen LogP contribution < -0.4 is 0 Å². The second-order valence-electron chi connectivity index (χ2n) is 1.62. The lowest BCUT2D eigenvalue weighted by molar-refractivity contribution is 0.100. The minimum absolute atomic E-state index is 0.150. The van der Waals surface area contributed by atoms with Gasteiger partial charge in [0.25, 0.3) is 0 Å². The molecule has 0 aromatic heterocycles. The van der Waals surface area contributed by atoms with Gasteiger partial charge in [-0.3, -0.25) is 0 Å². The third kappa shape index (κ3) is 3.79. The molecule has 0 bridgehead atoms. The van der Waals surface area contributed by atoms with Crippen LogP contribution in [-0.2, 0) is 4.74 Å². The lowest BCUT2D eigenvalue weighted by Crippen LogP contribution is -2.27. The Kier molecular flexibility index (Phi) is 5.25. The summed E-state index contributed by atoms with van der Waals surface area (Å²) in [5, 5.41) is 7.94. The van der Waals surface area contributed by atoms with Crippen molar-refractivity contribution in [1.29, 1.82) is 0 Å². The van der Waals surface area contributed by atoms with Gasteiger partial charge in [-0.25, -0.2) is 0 Å². The number of hydrogen-bond acceptors (Lipinski definition) is 2. The summed E-state index contributed by atoms with van der Waals surface area (Å²) >= 11 is 5.49.